The van der Waals surface area contributed by atoms with Crippen LogP contribution in [-0.2, 0) is 24.3 Å². The molecule has 0 saturated heterocycles. The highest BCUT2D eigenvalue weighted by Gasteiger charge is 2.26. The highest BCUT2D eigenvalue weighted by molar-refractivity contribution is 5.90. The van der Waals surface area contributed by atoms with Gasteiger partial charge in [-0.05, 0) is 18.4 Å². The summed E-state index contributed by atoms with van der Waals surface area (Å²) in [5.41, 5.74) is 1.16. The van der Waals surface area contributed by atoms with Crippen molar-refractivity contribution in [1.82, 2.24) is 25.0 Å². The van der Waals surface area contributed by atoms with Gasteiger partial charge in [0.25, 0.3) is 5.91 Å². The molecule has 0 atom stereocenters. The Morgan fingerprint density at radius 3 is 2.72 bits per heavy atom. The molecular weight excluding hydrogens is 318 g/mol. The number of carbonyl (C=O) groups excluding carboxylic acids is 2. The van der Waals surface area contributed by atoms with Gasteiger partial charge in [0.15, 0.2) is 5.82 Å². The number of hydrogen-bond donors (Lipinski definition) is 1. The van der Waals surface area contributed by atoms with Crippen LogP contribution in [0.25, 0.3) is 0 Å². The van der Waals surface area contributed by atoms with Crippen LogP contribution in [0.2, 0.25) is 0 Å². The molecule has 2 aromatic rings. The number of aryl methyl sites for hydroxylation is 1. The standard InChI is InChI=1S/C18H23N5O2/c1-2-10-19-18(25)17-21-20-15-13-22(11-12-23(15)17)16(24)9-8-14-6-4-3-5-7-14/h3-7H,2,8-13H2,1H3,(H,19,25). The summed E-state index contributed by atoms with van der Waals surface area (Å²) in [7, 11) is 0. The summed E-state index contributed by atoms with van der Waals surface area (Å²) in [6.07, 6.45) is 2.08. The second-order valence-electron chi connectivity index (χ2n) is 6.15. The zero-order chi connectivity index (χ0) is 17.6. The number of nitrogens with zero attached hydrogens (tertiary/aromatic N) is 4. The highest BCUT2D eigenvalue weighted by Crippen LogP contribution is 2.14. The highest BCUT2D eigenvalue weighted by atomic mass is 16.2. The normalized spacial score (nSPS) is 13.4. The summed E-state index contributed by atoms with van der Waals surface area (Å²) in [5.74, 6) is 0.903. The largest absolute Gasteiger partial charge is 0.349 e. The summed E-state index contributed by atoms with van der Waals surface area (Å²) in [4.78, 5) is 26.3. The van der Waals surface area contributed by atoms with Crippen molar-refractivity contribution in [2.75, 3.05) is 13.1 Å². The lowest BCUT2D eigenvalue weighted by molar-refractivity contribution is -0.132. The van der Waals surface area contributed by atoms with E-state index in [1.165, 1.54) is 0 Å². The van der Waals surface area contributed by atoms with E-state index >= 15 is 0 Å². The third kappa shape index (κ3) is 4.04. The first-order valence-corrected chi connectivity index (χ1v) is 8.71. The van der Waals surface area contributed by atoms with E-state index in [1.807, 2.05) is 41.8 Å². The second kappa shape index (κ2) is 7.92. The van der Waals surface area contributed by atoms with Gasteiger partial charge in [-0.1, -0.05) is 37.3 Å². The number of aromatic nitrogens is 3. The predicted octanol–water partition coefficient (Wildman–Crippen LogP) is 1.39. The first-order chi connectivity index (χ1) is 12.2. The number of carbonyl (C=O) groups is 2. The van der Waals surface area contributed by atoms with Crippen LogP contribution in [0.1, 0.15) is 41.8 Å². The van der Waals surface area contributed by atoms with Gasteiger partial charge in [-0.3, -0.25) is 9.59 Å². The van der Waals surface area contributed by atoms with Crippen LogP contribution in [0, 0.1) is 0 Å². The van der Waals surface area contributed by atoms with E-state index in [4.69, 9.17) is 0 Å². The van der Waals surface area contributed by atoms with Crippen LogP contribution in [0.5, 0.6) is 0 Å². The lowest BCUT2D eigenvalue weighted by Gasteiger charge is -2.27. The molecular formula is C18H23N5O2. The number of nitrogens with one attached hydrogen (secondary N) is 1. The Bertz CT molecular complexity index is 741. The van der Waals surface area contributed by atoms with Gasteiger partial charge in [0.2, 0.25) is 11.7 Å². The van der Waals surface area contributed by atoms with Crippen LogP contribution < -0.4 is 5.32 Å². The van der Waals surface area contributed by atoms with Gasteiger partial charge in [0.05, 0.1) is 6.54 Å². The minimum absolute atomic E-state index is 0.107. The molecule has 1 N–H and O–H groups in total. The predicted molar refractivity (Wildman–Crippen MR) is 92.8 cm³/mol. The van der Waals surface area contributed by atoms with E-state index in [1.54, 1.807) is 4.90 Å². The van der Waals surface area contributed by atoms with Crippen molar-refractivity contribution in [3.8, 4) is 0 Å². The van der Waals surface area contributed by atoms with Crippen molar-refractivity contribution in [1.29, 1.82) is 0 Å². The van der Waals surface area contributed by atoms with Gasteiger partial charge in [0, 0.05) is 26.1 Å². The molecule has 0 bridgehead atoms. The molecule has 1 aromatic heterocycles. The van der Waals surface area contributed by atoms with Gasteiger partial charge >= 0.3 is 0 Å². The molecule has 1 aliphatic rings. The molecule has 0 fully saturated rings. The summed E-state index contributed by atoms with van der Waals surface area (Å²) in [6.45, 7) is 4.15. The van der Waals surface area contributed by atoms with Gasteiger partial charge < -0.3 is 14.8 Å². The lowest BCUT2D eigenvalue weighted by Crippen LogP contribution is -2.39. The van der Waals surface area contributed by atoms with Gasteiger partial charge in [-0.25, -0.2) is 0 Å². The molecule has 0 saturated carbocycles. The Kier molecular flexibility index (Phi) is 5.42. The second-order valence-corrected chi connectivity index (χ2v) is 6.15. The summed E-state index contributed by atoms with van der Waals surface area (Å²) >= 11 is 0. The Labute approximate surface area is 147 Å². The van der Waals surface area contributed by atoms with E-state index in [-0.39, 0.29) is 11.8 Å². The fourth-order valence-corrected chi connectivity index (χ4v) is 2.91. The first-order valence-electron chi connectivity index (χ1n) is 8.71. The summed E-state index contributed by atoms with van der Waals surface area (Å²) < 4.78 is 1.81. The maximum absolute atomic E-state index is 12.5. The average molecular weight is 341 g/mol. The van der Waals surface area contributed by atoms with Crippen LogP contribution in [0.3, 0.4) is 0 Å². The molecule has 0 radical (unpaired) electrons. The number of amides is 2. The average Bonchev–Trinajstić information content (AvgIpc) is 3.08. The monoisotopic (exact) mass is 341 g/mol. The molecule has 2 heterocycles. The Morgan fingerprint density at radius 1 is 1.16 bits per heavy atom. The van der Waals surface area contributed by atoms with E-state index in [0.717, 1.165) is 18.4 Å². The smallest absolute Gasteiger partial charge is 0.289 e. The van der Waals surface area contributed by atoms with E-state index < -0.39 is 0 Å². The Balaban J connectivity index is 1.59. The van der Waals surface area contributed by atoms with E-state index in [9.17, 15) is 9.59 Å². The molecule has 132 valence electrons. The van der Waals surface area contributed by atoms with Crippen molar-refractivity contribution in [3.05, 3.63) is 47.5 Å². The minimum atomic E-state index is -0.204. The van der Waals surface area contributed by atoms with Crippen molar-refractivity contribution < 1.29 is 9.59 Å². The molecule has 0 unspecified atom stereocenters. The molecule has 0 aliphatic carbocycles. The zero-order valence-corrected chi connectivity index (χ0v) is 14.4. The SMILES string of the molecule is CCCNC(=O)c1nnc2n1CCN(C(=O)CCc1ccccc1)C2. The van der Waals surface area contributed by atoms with E-state index in [0.29, 0.717) is 44.2 Å². The number of benzene rings is 1. The molecule has 25 heavy (non-hydrogen) atoms. The molecule has 0 spiro atoms. The molecule has 1 aromatic carbocycles. The van der Waals surface area contributed by atoms with Crippen LogP contribution in [0.15, 0.2) is 30.3 Å². The van der Waals surface area contributed by atoms with Crippen molar-refractivity contribution in [2.45, 2.75) is 39.3 Å². The molecule has 1 aliphatic heterocycles. The number of rotatable bonds is 6. The molecule has 7 nitrogen and oxygen atoms in total. The Hall–Kier alpha value is -2.70. The fourth-order valence-electron chi connectivity index (χ4n) is 2.91. The number of fused-ring (bicyclic) bond motifs is 1. The van der Waals surface area contributed by atoms with Gasteiger partial charge in [-0.15, -0.1) is 10.2 Å². The topological polar surface area (TPSA) is 80.1 Å². The summed E-state index contributed by atoms with van der Waals surface area (Å²) in [6, 6.07) is 9.99. The third-order valence-corrected chi connectivity index (χ3v) is 4.31. The van der Waals surface area contributed by atoms with Crippen molar-refractivity contribution in [3.63, 3.8) is 0 Å². The minimum Gasteiger partial charge on any atom is -0.349 e. The molecule has 2 amide bonds. The third-order valence-electron chi connectivity index (χ3n) is 4.31. The number of hydrogen-bond acceptors (Lipinski definition) is 4. The van der Waals surface area contributed by atoms with E-state index in [2.05, 4.69) is 15.5 Å². The van der Waals surface area contributed by atoms with Crippen LogP contribution in [-0.4, -0.2) is 44.6 Å². The fraction of sp³-hybridized carbons (Fsp3) is 0.444. The van der Waals surface area contributed by atoms with Crippen molar-refractivity contribution in [2.24, 2.45) is 0 Å². The molecule has 7 heteroatoms. The van der Waals surface area contributed by atoms with Gasteiger partial charge in [0.1, 0.15) is 0 Å². The lowest BCUT2D eigenvalue weighted by atomic mass is 10.1. The maximum atomic E-state index is 12.5. The van der Waals surface area contributed by atoms with Crippen molar-refractivity contribution >= 4 is 11.8 Å². The maximum Gasteiger partial charge on any atom is 0.289 e. The van der Waals surface area contributed by atoms with Crippen LogP contribution in [0.4, 0.5) is 0 Å². The quantitative estimate of drug-likeness (QED) is 0.861. The zero-order valence-electron chi connectivity index (χ0n) is 14.4. The van der Waals surface area contributed by atoms with Gasteiger partial charge in [-0.2, -0.15) is 0 Å². The summed E-state index contributed by atoms with van der Waals surface area (Å²) in [5, 5.41) is 10.9. The molecule has 3 rings (SSSR count). The first kappa shape index (κ1) is 17.1. The Morgan fingerprint density at radius 2 is 1.96 bits per heavy atom. The van der Waals surface area contributed by atoms with Crippen LogP contribution >= 0.6 is 0 Å².